The molecule has 8 heteroatoms. The maximum absolute atomic E-state index is 12.4. The van der Waals surface area contributed by atoms with Gasteiger partial charge in [0, 0.05) is 48.2 Å². The van der Waals surface area contributed by atoms with E-state index in [1.165, 1.54) is 4.68 Å². The largest absolute Gasteiger partial charge is 0.495 e. The van der Waals surface area contributed by atoms with Crippen molar-refractivity contribution in [2.45, 2.75) is 45.3 Å². The first-order chi connectivity index (χ1) is 14.1. The highest BCUT2D eigenvalue weighted by atomic mass is 16.6. The first-order valence-corrected chi connectivity index (χ1v) is 10.3. The molecule has 0 radical (unpaired) electrons. The van der Waals surface area contributed by atoms with Crippen LogP contribution in [0.3, 0.4) is 0 Å². The molecule has 0 saturated carbocycles. The van der Waals surface area contributed by atoms with Gasteiger partial charge in [0.1, 0.15) is 11.4 Å². The lowest BCUT2D eigenvalue weighted by molar-refractivity contribution is 0.0514. The minimum Gasteiger partial charge on any atom is -0.495 e. The molecule has 0 spiro atoms. The topological polar surface area (TPSA) is 85.8 Å². The SMILES string of the molecule is COc1cc(N2CCC(N(C)C)CC2)c(-c2cnn(C(=O)OC(C)(C)C)c2)cc1N. The molecule has 164 valence electrons. The summed E-state index contributed by atoms with van der Waals surface area (Å²) in [7, 11) is 5.88. The van der Waals surface area contributed by atoms with Crippen molar-refractivity contribution >= 4 is 17.5 Å². The first kappa shape index (κ1) is 22.0. The Hall–Kier alpha value is -2.74. The molecule has 1 fully saturated rings. The van der Waals surface area contributed by atoms with E-state index in [4.69, 9.17) is 15.2 Å². The van der Waals surface area contributed by atoms with Crippen molar-refractivity contribution in [1.82, 2.24) is 14.7 Å². The first-order valence-electron chi connectivity index (χ1n) is 10.3. The van der Waals surface area contributed by atoms with Gasteiger partial charge in [-0.1, -0.05) is 0 Å². The highest BCUT2D eigenvalue weighted by Crippen LogP contribution is 2.39. The maximum atomic E-state index is 12.4. The van der Waals surface area contributed by atoms with E-state index in [2.05, 4.69) is 29.0 Å². The van der Waals surface area contributed by atoms with Crippen molar-refractivity contribution in [2.24, 2.45) is 0 Å². The van der Waals surface area contributed by atoms with Crippen LogP contribution >= 0.6 is 0 Å². The predicted molar refractivity (Wildman–Crippen MR) is 119 cm³/mol. The highest BCUT2D eigenvalue weighted by molar-refractivity contribution is 5.84. The quantitative estimate of drug-likeness (QED) is 0.766. The summed E-state index contributed by atoms with van der Waals surface area (Å²) in [6.45, 7) is 7.35. The van der Waals surface area contributed by atoms with Gasteiger partial charge >= 0.3 is 6.09 Å². The number of nitrogen functional groups attached to an aromatic ring is 1. The van der Waals surface area contributed by atoms with Crippen LogP contribution in [-0.4, -0.2) is 66.7 Å². The Morgan fingerprint density at radius 1 is 1.23 bits per heavy atom. The molecule has 1 aliphatic heterocycles. The molecule has 0 amide bonds. The molecule has 0 aliphatic carbocycles. The van der Waals surface area contributed by atoms with Crippen LogP contribution < -0.4 is 15.4 Å². The van der Waals surface area contributed by atoms with E-state index < -0.39 is 11.7 Å². The summed E-state index contributed by atoms with van der Waals surface area (Å²) in [6, 6.07) is 4.45. The Bertz CT molecular complexity index is 893. The maximum Gasteiger partial charge on any atom is 0.435 e. The van der Waals surface area contributed by atoms with Gasteiger partial charge in [-0.3, -0.25) is 0 Å². The zero-order valence-corrected chi connectivity index (χ0v) is 18.8. The fourth-order valence-electron chi connectivity index (χ4n) is 3.75. The van der Waals surface area contributed by atoms with Crippen LogP contribution in [0.4, 0.5) is 16.2 Å². The van der Waals surface area contributed by atoms with Gasteiger partial charge in [-0.2, -0.15) is 9.78 Å². The molecule has 30 heavy (non-hydrogen) atoms. The van der Waals surface area contributed by atoms with E-state index in [1.54, 1.807) is 19.5 Å². The Balaban J connectivity index is 1.93. The molecule has 1 aromatic heterocycles. The molecular weight excluding hydrogens is 382 g/mol. The zero-order chi connectivity index (χ0) is 22.1. The molecule has 1 aliphatic rings. The summed E-state index contributed by atoms with van der Waals surface area (Å²) in [5.41, 5.74) is 8.93. The number of benzene rings is 1. The number of anilines is 2. The van der Waals surface area contributed by atoms with E-state index in [0.717, 1.165) is 42.7 Å². The molecule has 1 saturated heterocycles. The van der Waals surface area contributed by atoms with Crippen molar-refractivity contribution < 1.29 is 14.3 Å². The minimum absolute atomic E-state index is 0.511. The van der Waals surface area contributed by atoms with Gasteiger partial charge in [0.05, 0.1) is 19.0 Å². The number of nitrogens with two attached hydrogens (primary N) is 1. The summed E-state index contributed by atoms with van der Waals surface area (Å²) in [5, 5.41) is 4.22. The molecule has 2 heterocycles. The van der Waals surface area contributed by atoms with E-state index >= 15 is 0 Å². The lowest BCUT2D eigenvalue weighted by atomic mass is 9.99. The van der Waals surface area contributed by atoms with Gasteiger partial charge < -0.3 is 25.0 Å². The molecule has 0 bridgehead atoms. The van der Waals surface area contributed by atoms with Crippen LogP contribution in [0.2, 0.25) is 0 Å². The van der Waals surface area contributed by atoms with Crippen LogP contribution in [0, 0.1) is 0 Å². The average molecular weight is 416 g/mol. The Morgan fingerprint density at radius 2 is 1.90 bits per heavy atom. The number of hydrogen-bond acceptors (Lipinski definition) is 7. The van der Waals surface area contributed by atoms with Crippen LogP contribution in [0.15, 0.2) is 24.5 Å². The van der Waals surface area contributed by atoms with Gasteiger partial charge in [-0.05, 0) is 53.8 Å². The molecular formula is C22H33N5O3. The number of hydrogen-bond donors (Lipinski definition) is 1. The standard InChI is InChI=1S/C22H33N5O3/c1-22(2,3)30-21(28)27-14-15(13-24-27)17-11-18(23)20(29-6)12-19(17)26-9-7-16(8-10-26)25(4)5/h11-14,16H,7-10,23H2,1-6H3. The van der Waals surface area contributed by atoms with Crippen molar-refractivity contribution in [3.8, 4) is 16.9 Å². The van der Waals surface area contributed by atoms with Crippen LogP contribution in [0.5, 0.6) is 5.75 Å². The lowest BCUT2D eigenvalue weighted by Gasteiger charge is -2.37. The van der Waals surface area contributed by atoms with E-state index in [0.29, 0.717) is 17.5 Å². The monoisotopic (exact) mass is 415 g/mol. The summed E-state index contributed by atoms with van der Waals surface area (Å²) in [5.74, 6) is 0.642. The molecule has 2 N–H and O–H groups in total. The number of nitrogens with zero attached hydrogens (tertiary/aromatic N) is 4. The van der Waals surface area contributed by atoms with E-state index in [1.807, 2.05) is 32.9 Å². The zero-order valence-electron chi connectivity index (χ0n) is 18.8. The Labute approximate surface area is 178 Å². The second-order valence-electron chi connectivity index (χ2n) is 8.95. The van der Waals surface area contributed by atoms with Gasteiger partial charge in [-0.15, -0.1) is 0 Å². The number of piperidine rings is 1. The molecule has 8 nitrogen and oxygen atoms in total. The molecule has 2 aromatic rings. The molecule has 0 unspecified atom stereocenters. The number of methoxy groups -OCH3 is 1. The smallest absolute Gasteiger partial charge is 0.435 e. The highest BCUT2D eigenvalue weighted by Gasteiger charge is 2.25. The third-order valence-corrected chi connectivity index (χ3v) is 5.36. The number of carbonyl (C=O) groups excluding carboxylic acids is 1. The van der Waals surface area contributed by atoms with Crippen molar-refractivity contribution in [3.05, 3.63) is 24.5 Å². The summed E-state index contributed by atoms with van der Waals surface area (Å²) >= 11 is 0. The molecule has 1 aromatic carbocycles. The van der Waals surface area contributed by atoms with Crippen molar-refractivity contribution in [1.29, 1.82) is 0 Å². The molecule has 3 rings (SSSR count). The van der Waals surface area contributed by atoms with Crippen molar-refractivity contribution in [3.63, 3.8) is 0 Å². The number of ether oxygens (including phenoxy) is 2. The Morgan fingerprint density at radius 3 is 2.47 bits per heavy atom. The fourth-order valence-corrected chi connectivity index (χ4v) is 3.75. The van der Waals surface area contributed by atoms with Crippen molar-refractivity contribution in [2.75, 3.05) is 44.9 Å². The number of rotatable bonds is 4. The normalized spacial score (nSPS) is 15.5. The number of aromatic nitrogens is 2. The molecule has 0 atom stereocenters. The van der Waals surface area contributed by atoms with Crippen LogP contribution in [0.25, 0.3) is 11.1 Å². The van der Waals surface area contributed by atoms with E-state index in [9.17, 15) is 4.79 Å². The third kappa shape index (κ3) is 4.87. The summed E-state index contributed by atoms with van der Waals surface area (Å²) in [4.78, 5) is 17.0. The fraction of sp³-hybridized carbons (Fsp3) is 0.545. The number of carbonyl (C=O) groups is 1. The summed E-state index contributed by atoms with van der Waals surface area (Å²) < 4.78 is 12.1. The van der Waals surface area contributed by atoms with Crippen LogP contribution in [-0.2, 0) is 4.74 Å². The second kappa shape index (κ2) is 8.55. The second-order valence-corrected chi connectivity index (χ2v) is 8.95. The lowest BCUT2D eigenvalue weighted by Crippen LogP contribution is -2.42. The van der Waals surface area contributed by atoms with E-state index in [-0.39, 0.29) is 0 Å². The van der Waals surface area contributed by atoms with Gasteiger partial charge in [0.2, 0.25) is 0 Å². The van der Waals surface area contributed by atoms with Gasteiger partial charge in [-0.25, -0.2) is 4.79 Å². The Kier molecular flexibility index (Phi) is 6.26. The van der Waals surface area contributed by atoms with Gasteiger partial charge in [0.15, 0.2) is 0 Å². The van der Waals surface area contributed by atoms with Crippen LogP contribution in [0.1, 0.15) is 33.6 Å². The predicted octanol–water partition coefficient (Wildman–Crippen LogP) is 3.45. The third-order valence-electron chi connectivity index (χ3n) is 5.36. The van der Waals surface area contributed by atoms with Gasteiger partial charge in [0.25, 0.3) is 0 Å². The minimum atomic E-state index is -0.588. The summed E-state index contributed by atoms with van der Waals surface area (Å²) in [6.07, 6.45) is 5.00. The average Bonchev–Trinajstić information content (AvgIpc) is 3.17.